The van der Waals surface area contributed by atoms with Gasteiger partial charge in [-0.25, -0.2) is 18.7 Å². The molecule has 7 heteroatoms. The molecule has 1 amide bonds. The van der Waals surface area contributed by atoms with Crippen LogP contribution in [0.25, 0.3) is 5.65 Å². The molecule has 0 N–H and O–H groups in total. The summed E-state index contributed by atoms with van der Waals surface area (Å²) in [5.74, 6) is -0.272. The van der Waals surface area contributed by atoms with Gasteiger partial charge in [0.15, 0.2) is 5.65 Å². The number of benzene rings is 1. The first-order valence-corrected chi connectivity index (χ1v) is 9.66. The highest BCUT2D eigenvalue weighted by molar-refractivity contribution is 5.93. The quantitative estimate of drug-likeness (QED) is 0.640. The Morgan fingerprint density at radius 1 is 1.24 bits per heavy atom. The normalized spacial score (nSPS) is 15.6. The first kappa shape index (κ1) is 19.4. The number of nitrogens with zero attached hydrogens (tertiary/aromatic N) is 4. The summed E-state index contributed by atoms with van der Waals surface area (Å²) < 4.78 is 20.7. The number of ether oxygens (including phenoxy) is 1. The maximum absolute atomic E-state index is 13.3. The Labute approximate surface area is 169 Å². The molecule has 4 rings (SSSR count). The average molecular weight is 396 g/mol. The summed E-state index contributed by atoms with van der Waals surface area (Å²) in [5.41, 5.74) is 3.44. The summed E-state index contributed by atoms with van der Waals surface area (Å²) in [5, 5.41) is 4.40. The van der Waals surface area contributed by atoms with Gasteiger partial charge in [0, 0.05) is 23.9 Å². The second kappa shape index (κ2) is 6.54. The van der Waals surface area contributed by atoms with Crippen molar-refractivity contribution in [1.82, 2.24) is 14.6 Å². The molecule has 0 saturated heterocycles. The van der Waals surface area contributed by atoms with E-state index in [0.29, 0.717) is 13.0 Å². The van der Waals surface area contributed by atoms with Crippen molar-refractivity contribution >= 4 is 17.4 Å². The monoisotopic (exact) mass is 396 g/mol. The van der Waals surface area contributed by atoms with Gasteiger partial charge >= 0.3 is 6.09 Å². The topological polar surface area (TPSA) is 59.7 Å². The standard InChI is InChI=1S/C22H25FN4O2/c1-21(2,3)29-20(28)26-12-22(4,5)18-17(26)11-16(27-19(18)24-13-25-27)10-14-6-8-15(23)9-7-14/h6-9,11,13H,10,12H2,1-5H3. The van der Waals surface area contributed by atoms with Gasteiger partial charge < -0.3 is 4.74 Å². The predicted molar refractivity (Wildman–Crippen MR) is 109 cm³/mol. The fourth-order valence-electron chi connectivity index (χ4n) is 3.87. The Bertz CT molecular complexity index is 1080. The molecule has 1 aliphatic rings. The van der Waals surface area contributed by atoms with Gasteiger partial charge in [0.25, 0.3) is 0 Å². The van der Waals surface area contributed by atoms with Crippen LogP contribution in [-0.4, -0.2) is 32.8 Å². The fraction of sp³-hybridized carbons (Fsp3) is 0.409. The SMILES string of the molecule is CC(C)(C)OC(=O)N1CC(C)(C)c2c1cc(Cc1ccc(F)cc1)n1ncnc21. The molecule has 0 bridgehead atoms. The predicted octanol–water partition coefficient (Wildman–Crippen LogP) is 4.49. The second-order valence-corrected chi connectivity index (χ2v) is 9.14. The molecule has 1 aliphatic heterocycles. The van der Waals surface area contributed by atoms with Crippen LogP contribution in [0.2, 0.25) is 0 Å². The minimum Gasteiger partial charge on any atom is -0.443 e. The molecule has 1 aromatic carbocycles. The molecule has 152 valence electrons. The van der Waals surface area contributed by atoms with Crippen LogP contribution in [0.4, 0.5) is 14.9 Å². The number of halogens is 1. The summed E-state index contributed by atoms with van der Waals surface area (Å²) in [6, 6.07) is 8.36. The Balaban J connectivity index is 1.82. The van der Waals surface area contributed by atoms with Crippen LogP contribution in [0.1, 0.15) is 51.4 Å². The number of aromatic nitrogens is 3. The first-order chi connectivity index (χ1) is 13.5. The summed E-state index contributed by atoms with van der Waals surface area (Å²) >= 11 is 0. The first-order valence-electron chi connectivity index (χ1n) is 9.66. The molecule has 2 aromatic heterocycles. The van der Waals surface area contributed by atoms with Gasteiger partial charge in [-0.1, -0.05) is 26.0 Å². The third-order valence-corrected chi connectivity index (χ3v) is 5.04. The highest BCUT2D eigenvalue weighted by atomic mass is 19.1. The Hall–Kier alpha value is -2.96. The van der Waals surface area contributed by atoms with E-state index >= 15 is 0 Å². The van der Waals surface area contributed by atoms with Gasteiger partial charge in [-0.2, -0.15) is 5.10 Å². The van der Waals surface area contributed by atoms with Crippen LogP contribution in [0.15, 0.2) is 36.7 Å². The molecule has 3 heterocycles. The van der Waals surface area contributed by atoms with Crippen molar-refractivity contribution in [3.8, 4) is 0 Å². The molecule has 0 aliphatic carbocycles. The molecule has 0 spiro atoms. The van der Waals surface area contributed by atoms with E-state index in [1.807, 2.05) is 31.4 Å². The fourth-order valence-corrected chi connectivity index (χ4v) is 3.87. The number of hydrogen-bond donors (Lipinski definition) is 0. The Morgan fingerprint density at radius 3 is 2.59 bits per heavy atom. The van der Waals surface area contributed by atoms with E-state index in [4.69, 9.17) is 4.74 Å². The zero-order chi connectivity index (χ0) is 21.0. The average Bonchev–Trinajstić information content (AvgIpc) is 3.18. The van der Waals surface area contributed by atoms with E-state index < -0.39 is 5.60 Å². The van der Waals surface area contributed by atoms with Crippen LogP contribution in [-0.2, 0) is 16.6 Å². The van der Waals surface area contributed by atoms with Crippen LogP contribution in [0, 0.1) is 5.82 Å². The summed E-state index contributed by atoms with van der Waals surface area (Å²) in [6.07, 6.45) is 1.69. The highest BCUT2D eigenvalue weighted by Gasteiger charge is 2.42. The van der Waals surface area contributed by atoms with Crippen molar-refractivity contribution in [3.05, 3.63) is 59.3 Å². The molecule has 0 radical (unpaired) electrons. The lowest BCUT2D eigenvalue weighted by Gasteiger charge is -2.26. The van der Waals surface area contributed by atoms with Crippen molar-refractivity contribution < 1.29 is 13.9 Å². The van der Waals surface area contributed by atoms with E-state index in [1.54, 1.807) is 17.0 Å². The van der Waals surface area contributed by atoms with Crippen molar-refractivity contribution in [2.24, 2.45) is 0 Å². The van der Waals surface area contributed by atoms with Gasteiger partial charge in [-0.15, -0.1) is 0 Å². The molecule has 3 aromatic rings. The lowest BCUT2D eigenvalue weighted by molar-refractivity contribution is 0.0579. The zero-order valence-electron chi connectivity index (χ0n) is 17.4. The van der Waals surface area contributed by atoms with Crippen LogP contribution >= 0.6 is 0 Å². The van der Waals surface area contributed by atoms with Crippen molar-refractivity contribution in [2.75, 3.05) is 11.4 Å². The van der Waals surface area contributed by atoms with Gasteiger partial charge in [0.1, 0.15) is 17.7 Å². The van der Waals surface area contributed by atoms with Crippen LogP contribution in [0.3, 0.4) is 0 Å². The molecule has 0 atom stereocenters. The van der Waals surface area contributed by atoms with E-state index in [0.717, 1.165) is 28.2 Å². The van der Waals surface area contributed by atoms with E-state index in [2.05, 4.69) is 23.9 Å². The number of hydrogen-bond acceptors (Lipinski definition) is 4. The zero-order valence-corrected chi connectivity index (χ0v) is 17.4. The minimum atomic E-state index is -0.583. The van der Waals surface area contributed by atoms with Crippen LogP contribution in [0.5, 0.6) is 0 Å². The Kier molecular flexibility index (Phi) is 4.37. The number of anilines is 1. The van der Waals surface area contributed by atoms with Crippen LogP contribution < -0.4 is 4.90 Å². The van der Waals surface area contributed by atoms with E-state index in [1.165, 1.54) is 18.5 Å². The lowest BCUT2D eigenvalue weighted by Crippen LogP contribution is -2.38. The minimum absolute atomic E-state index is 0.272. The third-order valence-electron chi connectivity index (χ3n) is 5.04. The third kappa shape index (κ3) is 3.57. The highest BCUT2D eigenvalue weighted by Crippen LogP contribution is 2.43. The molecule has 29 heavy (non-hydrogen) atoms. The van der Waals surface area contributed by atoms with Gasteiger partial charge in [0.2, 0.25) is 0 Å². The summed E-state index contributed by atoms with van der Waals surface area (Å²) in [4.78, 5) is 19.1. The summed E-state index contributed by atoms with van der Waals surface area (Å²) in [7, 11) is 0. The molecular weight excluding hydrogens is 371 g/mol. The maximum Gasteiger partial charge on any atom is 0.414 e. The second-order valence-electron chi connectivity index (χ2n) is 9.14. The van der Waals surface area contributed by atoms with Crippen molar-refractivity contribution in [1.29, 1.82) is 0 Å². The largest absolute Gasteiger partial charge is 0.443 e. The smallest absolute Gasteiger partial charge is 0.414 e. The van der Waals surface area contributed by atoms with E-state index in [9.17, 15) is 9.18 Å². The molecule has 6 nitrogen and oxygen atoms in total. The summed E-state index contributed by atoms with van der Waals surface area (Å²) in [6.45, 7) is 10.2. The van der Waals surface area contributed by atoms with E-state index in [-0.39, 0.29) is 17.3 Å². The molecular formula is C22H25FN4O2. The number of fused-ring (bicyclic) bond motifs is 3. The number of carbonyl (C=O) groups is 1. The molecule has 0 fully saturated rings. The molecule has 0 saturated carbocycles. The number of amides is 1. The maximum atomic E-state index is 13.3. The number of carbonyl (C=O) groups excluding carboxylic acids is 1. The van der Waals surface area contributed by atoms with Gasteiger partial charge in [0.05, 0.1) is 11.4 Å². The number of pyridine rings is 1. The van der Waals surface area contributed by atoms with Crippen molar-refractivity contribution in [2.45, 2.75) is 52.1 Å². The number of rotatable bonds is 2. The van der Waals surface area contributed by atoms with Crippen molar-refractivity contribution in [3.63, 3.8) is 0 Å². The van der Waals surface area contributed by atoms with Gasteiger partial charge in [-0.05, 0) is 44.5 Å². The molecule has 0 unspecified atom stereocenters. The van der Waals surface area contributed by atoms with Gasteiger partial charge in [-0.3, -0.25) is 4.90 Å². The Morgan fingerprint density at radius 2 is 1.93 bits per heavy atom. The lowest BCUT2D eigenvalue weighted by atomic mass is 9.87.